The number of amides is 10. The van der Waals surface area contributed by atoms with Gasteiger partial charge in [-0.2, -0.15) is 0 Å². The van der Waals surface area contributed by atoms with Crippen molar-refractivity contribution in [2.75, 3.05) is 7.11 Å². The molecule has 23 heteroatoms. The Morgan fingerprint density at radius 2 is 0.443 bits per heavy atom. The summed E-state index contributed by atoms with van der Waals surface area (Å²) in [4.78, 5) is 148. The number of carbonyl (C=O) groups is 11. The predicted octanol–water partition coefficient (Wildman–Crippen LogP) is 2.47. The van der Waals surface area contributed by atoms with Crippen molar-refractivity contribution in [2.24, 2.45) is 27.1 Å². The van der Waals surface area contributed by atoms with Crippen LogP contribution >= 0.6 is 0 Å². The predicted molar refractivity (Wildman–Crippen MR) is 291 cm³/mol. The summed E-state index contributed by atoms with van der Waals surface area (Å²) >= 11 is 0. The highest BCUT2D eigenvalue weighted by Crippen LogP contribution is 2.31. The van der Waals surface area contributed by atoms with Crippen LogP contribution in [0.4, 0.5) is 4.79 Å². The fourth-order valence-corrected chi connectivity index (χ4v) is 10.9. The maximum Gasteiger partial charge on any atom is 0.407 e. The van der Waals surface area contributed by atoms with Gasteiger partial charge in [-0.1, -0.05) is 0 Å². The average molecular weight is 1110 g/mol. The molecule has 0 saturated heterocycles. The van der Waals surface area contributed by atoms with E-state index in [1.54, 1.807) is 20.8 Å². The van der Waals surface area contributed by atoms with Crippen LogP contribution < -0.4 is 53.2 Å². The largest absolute Gasteiger partial charge is 0.468 e. The van der Waals surface area contributed by atoms with Gasteiger partial charge in [0.15, 0.2) is 0 Å². The van der Waals surface area contributed by atoms with Crippen molar-refractivity contribution in [2.45, 2.75) is 252 Å². The number of alkyl carbamates (subject to hydrolysis) is 1. The van der Waals surface area contributed by atoms with Crippen molar-refractivity contribution in [3.05, 3.63) is 0 Å². The van der Waals surface area contributed by atoms with E-state index in [1.807, 2.05) is 0 Å². The second-order valence-electron chi connectivity index (χ2n) is 26.2. The van der Waals surface area contributed by atoms with Crippen LogP contribution in [0.15, 0.2) is 0 Å². The highest BCUT2D eigenvalue weighted by molar-refractivity contribution is 6.07. The van der Waals surface area contributed by atoms with Crippen molar-refractivity contribution >= 4 is 65.2 Å². The van der Waals surface area contributed by atoms with E-state index in [4.69, 9.17) is 9.47 Å². The Labute approximate surface area is 465 Å². The van der Waals surface area contributed by atoms with E-state index in [0.717, 1.165) is 6.42 Å². The van der Waals surface area contributed by atoms with Crippen LogP contribution in [0.3, 0.4) is 0 Å². The maximum absolute atomic E-state index is 13.9. The molecular weight excluding hydrogens is 1020 g/mol. The van der Waals surface area contributed by atoms with Crippen molar-refractivity contribution in [3.63, 3.8) is 0 Å². The Hall–Kier alpha value is -6.03. The van der Waals surface area contributed by atoms with Gasteiger partial charge in [0.2, 0.25) is 53.2 Å². The van der Waals surface area contributed by atoms with Gasteiger partial charge in [0.25, 0.3) is 0 Å². The molecule has 10 amide bonds. The molecule has 0 heterocycles. The summed E-state index contributed by atoms with van der Waals surface area (Å²) in [6.45, 7) is 20.2. The zero-order chi connectivity index (χ0) is 59.2. The third-order valence-corrected chi connectivity index (χ3v) is 16.9. The molecule has 5 rings (SSSR count). The summed E-state index contributed by atoms with van der Waals surface area (Å²) in [7, 11) is 1.20. The molecule has 0 aromatic rings. The van der Waals surface area contributed by atoms with Gasteiger partial charge >= 0.3 is 12.1 Å². The monoisotopic (exact) mass is 1110 g/mol. The van der Waals surface area contributed by atoms with Crippen LogP contribution in [0.1, 0.15) is 186 Å². The number of rotatable bonds is 20. The lowest BCUT2D eigenvalue weighted by Gasteiger charge is -2.33. The topological polar surface area (TPSA) is 327 Å². The minimum atomic E-state index is -1.59. The smallest absolute Gasteiger partial charge is 0.407 e. The van der Waals surface area contributed by atoms with Gasteiger partial charge in [-0.15, -0.1) is 0 Å². The highest BCUT2D eigenvalue weighted by Gasteiger charge is 2.48. The summed E-state index contributed by atoms with van der Waals surface area (Å²) in [5, 5.41) is 29.4. The van der Waals surface area contributed by atoms with Crippen LogP contribution in [0, 0.1) is 27.1 Å². The zero-order valence-corrected chi connectivity index (χ0v) is 49.2. The lowest BCUT2D eigenvalue weighted by Crippen LogP contribution is -2.60. The van der Waals surface area contributed by atoms with Crippen molar-refractivity contribution in [1.82, 2.24) is 53.2 Å². The number of ether oxygens (including phenoxy) is 2. The van der Waals surface area contributed by atoms with Gasteiger partial charge < -0.3 is 62.6 Å². The molecule has 0 aromatic carbocycles. The standard InChI is InChI=1S/C56H92N10O13/c1-51(2,3)79-50(77)66-39-29-19-28-38(39)64-47(74)55(10,11)46(73)62-35-25-17-24-34(35)60-43(70)53(6,7)42(69)58-31-21-15-20-30(31)57-40(67)52(4,5)41(68)59-32-22-16-23-33(32)61-44(71)54(8,9)45(72)63-36-26-18-27-37(36)65-48(75)56(12,13)49(76)78-14/h30-39H,15-29H2,1-14H3,(H,57,67)(H,58,69)(H,59,68)(H,60,70)(H,61,71)(H,62,73)(H,63,72)(H,64,74)(H,65,75)(H,66,77)/t30-,31-,32-,33-,34-,35-,36-,37-,38-,39-/m0/s1. The summed E-state index contributed by atoms with van der Waals surface area (Å²) in [6, 6.07) is -4.88. The molecule has 0 spiro atoms. The number of methoxy groups -OCH3 is 1. The fourth-order valence-electron chi connectivity index (χ4n) is 10.9. The summed E-state index contributed by atoms with van der Waals surface area (Å²) < 4.78 is 10.2. The van der Waals surface area contributed by atoms with E-state index in [2.05, 4.69) is 53.2 Å². The number of carbonyl (C=O) groups excluding carboxylic acids is 11. The lowest BCUT2D eigenvalue weighted by molar-refractivity contribution is -0.157. The first kappa shape index (κ1) is 63.8. The molecule has 0 aliphatic heterocycles. The van der Waals surface area contributed by atoms with E-state index in [0.29, 0.717) is 89.9 Å². The van der Waals surface area contributed by atoms with Crippen LogP contribution in [0.5, 0.6) is 0 Å². The first-order chi connectivity index (χ1) is 36.5. The van der Waals surface area contributed by atoms with Crippen LogP contribution in [0.25, 0.3) is 0 Å². The van der Waals surface area contributed by atoms with Crippen molar-refractivity contribution in [3.8, 4) is 0 Å². The van der Waals surface area contributed by atoms with Crippen molar-refractivity contribution < 1.29 is 62.2 Å². The molecule has 0 bridgehead atoms. The summed E-state index contributed by atoms with van der Waals surface area (Å²) in [5.74, 6) is -5.66. The van der Waals surface area contributed by atoms with Crippen molar-refractivity contribution in [1.29, 1.82) is 0 Å². The Morgan fingerprint density at radius 1 is 0.278 bits per heavy atom. The summed E-state index contributed by atoms with van der Waals surface area (Å²) in [5.41, 5.74) is -8.34. The SMILES string of the molecule is COC(=O)C(C)(C)C(=O)N[C@H]1CCC[C@@H]1NC(=O)C(C)(C)C(=O)N[C@H]1CCC[C@@H]1NC(=O)C(C)(C)C(=O)N[C@H]1CCC[C@@H]1NC(=O)C(C)(C)C(=O)N[C@H]1CCC[C@@H]1NC(=O)C(C)(C)C(=O)N[C@H]1CCC[C@@H]1NC(=O)OC(C)(C)C. The molecule has 10 N–H and O–H groups in total. The Morgan fingerprint density at radius 3 is 0.608 bits per heavy atom. The van der Waals surface area contributed by atoms with E-state index >= 15 is 0 Å². The molecule has 444 valence electrons. The Bertz CT molecular complexity index is 2340. The number of esters is 1. The van der Waals surface area contributed by atoms with E-state index in [-0.39, 0.29) is 6.04 Å². The van der Waals surface area contributed by atoms with Crippen LogP contribution in [0.2, 0.25) is 0 Å². The molecule has 79 heavy (non-hydrogen) atoms. The number of nitrogens with one attached hydrogen (secondary N) is 10. The minimum Gasteiger partial charge on any atom is -0.468 e. The second-order valence-corrected chi connectivity index (χ2v) is 26.2. The molecule has 0 unspecified atom stereocenters. The molecule has 5 aliphatic rings. The molecule has 5 saturated carbocycles. The highest BCUT2D eigenvalue weighted by atomic mass is 16.6. The molecule has 23 nitrogen and oxygen atoms in total. The van der Waals surface area contributed by atoms with Gasteiger partial charge in [-0.25, -0.2) is 4.79 Å². The summed E-state index contributed by atoms with van der Waals surface area (Å²) in [6.07, 6.45) is 8.38. The normalized spacial score (nSPS) is 26.4. The van der Waals surface area contributed by atoms with Gasteiger partial charge in [0.05, 0.1) is 13.2 Å². The maximum atomic E-state index is 13.9. The van der Waals surface area contributed by atoms with Crippen LogP contribution in [-0.4, -0.2) is 138 Å². The van der Waals surface area contributed by atoms with Gasteiger partial charge in [-0.3, -0.25) is 47.9 Å². The first-order valence-electron chi connectivity index (χ1n) is 28.4. The van der Waals surface area contributed by atoms with E-state index in [9.17, 15) is 52.7 Å². The Balaban J connectivity index is 1.09. The molecular formula is C56H92N10O13. The van der Waals surface area contributed by atoms with Crippen LogP contribution in [-0.2, 0) is 57.4 Å². The second kappa shape index (κ2) is 25.2. The van der Waals surface area contributed by atoms with E-state index < -0.39 is 152 Å². The van der Waals surface area contributed by atoms with Gasteiger partial charge in [0.1, 0.15) is 32.7 Å². The first-order valence-corrected chi connectivity index (χ1v) is 28.4. The Kier molecular flexibility index (Phi) is 20.3. The minimum absolute atomic E-state index is 0.359. The molecule has 0 aromatic heterocycles. The molecule has 0 radical (unpaired) electrons. The quantitative estimate of drug-likeness (QED) is 0.0620. The number of hydrogen-bond donors (Lipinski definition) is 10. The molecule has 10 atom stereocenters. The zero-order valence-electron chi connectivity index (χ0n) is 49.2. The lowest BCUT2D eigenvalue weighted by atomic mass is 9.88. The molecule has 5 fully saturated rings. The van der Waals surface area contributed by atoms with Gasteiger partial charge in [0, 0.05) is 54.4 Å². The van der Waals surface area contributed by atoms with E-state index in [1.165, 1.54) is 76.3 Å². The third kappa shape index (κ3) is 15.5. The average Bonchev–Trinajstić information content (AvgIpc) is 4.26. The number of hydrogen-bond acceptors (Lipinski definition) is 13. The van der Waals surface area contributed by atoms with Gasteiger partial charge in [-0.05, 0) is 186 Å². The molecule has 5 aliphatic carbocycles. The third-order valence-electron chi connectivity index (χ3n) is 16.9. The fraction of sp³-hybridized carbons (Fsp3) is 0.804.